The molecule has 0 unspecified atom stereocenters. The van der Waals surface area contributed by atoms with Crippen LogP contribution in [0.5, 0.6) is 5.75 Å². The lowest BCUT2D eigenvalue weighted by Gasteiger charge is -2.28. The number of nitrogens with zero attached hydrogens (tertiary/aromatic N) is 2. The zero-order valence-corrected chi connectivity index (χ0v) is 18.0. The van der Waals surface area contributed by atoms with Crippen LogP contribution in [0.25, 0.3) is 10.9 Å². The molecular weight excluding hydrogens is 410 g/mol. The van der Waals surface area contributed by atoms with Crippen molar-refractivity contribution >= 4 is 16.7 Å². The minimum atomic E-state index is -0.604. The molecule has 1 fully saturated rings. The van der Waals surface area contributed by atoms with Gasteiger partial charge in [0, 0.05) is 12.5 Å². The molecule has 0 bridgehead atoms. The number of carbonyl (C=O) groups excluding carboxylic acids is 1. The molecule has 0 spiro atoms. The highest BCUT2D eigenvalue weighted by atomic mass is 16.5. The van der Waals surface area contributed by atoms with Crippen LogP contribution in [0.4, 0.5) is 0 Å². The van der Waals surface area contributed by atoms with Crippen molar-refractivity contribution in [1.82, 2.24) is 14.5 Å². The molecule has 168 valence electrons. The van der Waals surface area contributed by atoms with E-state index in [9.17, 15) is 19.5 Å². The molecule has 0 amide bonds. The lowest BCUT2D eigenvalue weighted by Crippen LogP contribution is -2.47. The number of para-hydroxylation sites is 1. The van der Waals surface area contributed by atoms with Gasteiger partial charge in [0.05, 0.1) is 37.2 Å². The third kappa shape index (κ3) is 4.51. The number of piperidine rings is 1. The molecule has 2 N–H and O–H groups in total. The average Bonchev–Trinajstić information content (AvgIpc) is 2.81. The molecule has 0 aliphatic carbocycles. The Hall–Kier alpha value is -3.23. The molecule has 0 saturated carbocycles. The quantitative estimate of drug-likeness (QED) is 0.578. The van der Waals surface area contributed by atoms with Gasteiger partial charge in [-0.05, 0) is 49.2 Å². The number of aliphatic hydroxyl groups is 1. The number of ether oxygens (including phenoxy) is 1. The Kier molecular flexibility index (Phi) is 6.53. The maximum Gasteiger partial charge on any atom is 0.332 e. The number of fused-ring (bicyclic) bond motifs is 1. The summed E-state index contributed by atoms with van der Waals surface area (Å²) in [5, 5.41) is 13.6. The van der Waals surface area contributed by atoms with Crippen LogP contribution in [0.3, 0.4) is 0 Å². The zero-order chi connectivity index (χ0) is 22.7. The first-order valence-corrected chi connectivity index (χ1v) is 10.8. The van der Waals surface area contributed by atoms with E-state index in [0.29, 0.717) is 23.1 Å². The Morgan fingerprint density at radius 3 is 2.59 bits per heavy atom. The largest absolute Gasteiger partial charge is 0.497 e. The normalized spacial score (nSPS) is 18.6. The molecule has 1 aliphatic heterocycles. The van der Waals surface area contributed by atoms with Gasteiger partial charge in [0.15, 0.2) is 5.78 Å². The van der Waals surface area contributed by atoms with Gasteiger partial charge in [-0.1, -0.05) is 24.3 Å². The number of methoxy groups -OCH3 is 1. The van der Waals surface area contributed by atoms with Crippen molar-refractivity contribution < 1.29 is 14.6 Å². The highest BCUT2D eigenvalue weighted by molar-refractivity contribution is 5.81. The first kappa shape index (κ1) is 22.0. The number of aromatic nitrogens is 2. The number of carbonyl (C=O) groups is 1. The molecule has 1 aromatic heterocycles. The van der Waals surface area contributed by atoms with E-state index in [0.717, 1.165) is 23.1 Å². The zero-order valence-electron chi connectivity index (χ0n) is 18.0. The number of ketones is 1. The summed E-state index contributed by atoms with van der Waals surface area (Å²) in [7, 11) is 1.59. The predicted molar refractivity (Wildman–Crippen MR) is 121 cm³/mol. The predicted octanol–water partition coefficient (Wildman–Crippen LogP) is 1.29. The number of Topliss-reactive ketones (excluding diaryl/α,β-unsaturated/α-hetero) is 1. The minimum absolute atomic E-state index is 0.0678. The van der Waals surface area contributed by atoms with Crippen LogP contribution < -0.4 is 21.3 Å². The van der Waals surface area contributed by atoms with Crippen LogP contribution >= 0.6 is 0 Å². The van der Waals surface area contributed by atoms with Crippen LogP contribution in [0.1, 0.15) is 24.8 Å². The van der Waals surface area contributed by atoms with Gasteiger partial charge in [0.1, 0.15) is 5.75 Å². The van der Waals surface area contributed by atoms with Gasteiger partial charge >= 0.3 is 5.69 Å². The molecule has 1 saturated heterocycles. The summed E-state index contributed by atoms with van der Waals surface area (Å²) in [6.45, 7) is 0.663. The van der Waals surface area contributed by atoms with E-state index in [1.807, 2.05) is 24.3 Å². The second-order valence-corrected chi connectivity index (χ2v) is 8.14. The van der Waals surface area contributed by atoms with Gasteiger partial charge < -0.3 is 15.2 Å². The summed E-state index contributed by atoms with van der Waals surface area (Å²) in [6, 6.07) is 13.9. The number of benzene rings is 2. The number of nitrogens with one attached hydrogen (secondary N) is 1. The van der Waals surface area contributed by atoms with E-state index in [4.69, 9.17) is 4.74 Å². The van der Waals surface area contributed by atoms with E-state index in [1.165, 1.54) is 4.57 Å². The molecule has 8 nitrogen and oxygen atoms in total. The summed E-state index contributed by atoms with van der Waals surface area (Å²) < 4.78 is 7.70. The van der Waals surface area contributed by atoms with Gasteiger partial charge in [0.25, 0.3) is 5.56 Å². The summed E-state index contributed by atoms with van der Waals surface area (Å²) >= 11 is 0. The minimum Gasteiger partial charge on any atom is -0.497 e. The van der Waals surface area contributed by atoms with Crippen LogP contribution in [-0.4, -0.2) is 45.8 Å². The average molecular weight is 437 g/mol. The Bertz CT molecular complexity index is 1230. The van der Waals surface area contributed by atoms with E-state index < -0.39 is 17.4 Å². The summed E-state index contributed by atoms with van der Waals surface area (Å²) in [4.78, 5) is 39.1. The smallest absolute Gasteiger partial charge is 0.332 e. The van der Waals surface area contributed by atoms with E-state index in [2.05, 4.69) is 5.32 Å². The fourth-order valence-corrected chi connectivity index (χ4v) is 4.21. The molecule has 2 heterocycles. The van der Waals surface area contributed by atoms with Crippen molar-refractivity contribution in [1.29, 1.82) is 0 Å². The Balaban J connectivity index is 1.68. The SMILES string of the molecule is COc1ccc(Cn2c(=O)n(CC(=O)C[C@H]3NCCC[C@@H]3O)c(=O)c3ccccc32)cc1. The standard InChI is InChI=1S/C24H27N3O5/c1-32-18-10-8-16(9-11-18)14-26-21-6-3-2-5-19(21)23(30)27(24(26)31)15-17(28)13-20-22(29)7-4-12-25-20/h2-3,5-6,8-11,20,22,25,29H,4,7,12-15H2,1H3/t20-,22+/m1/s1. The highest BCUT2D eigenvalue weighted by Gasteiger charge is 2.25. The fourth-order valence-electron chi connectivity index (χ4n) is 4.21. The number of aliphatic hydroxyl groups excluding tert-OH is 1. The lowest BCUT2D eigenvalue weighted by molar-refractivity contribution is -0.121. The van der Waals surface area contributed by atoms with Crippen molar-refractivity contribution in [2.45, 2.75) is 44.5 Å². The van der Waals surface area contributed by atoms with E-state index in [-0.39, 0.29) is 31.3 Å². The van der Waals surface area contributed by atoms with Crippen molar-refractivity contribution in [3.8, 4) is 5.75 Å². The number of rotatable bonds is 7. The monoisotopic (exact) mass is 437 g/mol. The summed E-state index contributed by atoms with van der Waals surface area (Å²) in [5.41, 5.74) is 0.368. The van der Waals surface area contributed by atoms with Gasteiger partial charge in [-0.3, -0.25) is 18.7 Å². The highest BCUT2D eigenvalue weighted by Crippen LogP contribution is 2.15. The topological polar surface area (TPSA) is 103 Å². The Morgan fingerprint density at radius 2 is 1.88 bits per heavy atom. The van der Waals surface area contributed by atoms with Crippen LogP contribution in [0.2, 0.25) is 0 Å². The fraction of sp³-hybridized carbons (Fsp3) is 0.375. The molecular formula is C24H27N3O5. The van der Waals surface area contributed by atoms with Crippen molar-refractivity contribution in [2.24, 2.45) is 0 Å². The molecule has 0 radical (unpaired) electrons. The Morgan fingerprint density at radius 1 is 1.12 bits per heavy atom. The van der Waals surface area contributed by atoms with Crippen LogP contribution in [0, 0.1) is 0 Å². The molecule has 8 heteroatoms. The van der Waals surface area contributed by atoms with E-state index >= 15 is 0 Å². The maximum absolute atomic E-state index is 13.3. The van der Waals surface area contributed by atoms with Gasteiger partial charge in [-0.25, -0.2) is 4.79 Å². The molecule has 4 rings (SSSR count). The molecule has 3 aromatic rings. The van der Waals surface area contributed by atoms with Crippen LogP contribution in [0.15, 0.2) is 58.1 Å². The summed E-state index contributed by atoms with van der Waals surface area (Å²) in [6.07, 6.45) is 0.952. The first-order chi connectivity index (χ1) is 15.5. The maximum atomic E-state index is 13.3. The molecule has 32 heavy (non-hydrogen) atoms. The molecule has 1 aliphatic rings. The van der Waals surface area contributed by atoms with E-state index in [1.54, 1.807) is 31.4 Å². The summed E-state index contributed by atoms with van der Waals surface area (Å²) in [5.74, 6) is 0.439. The number of hydrogen-bond acceptors (Lipinski definition) is 6. The molecule has 2 atom stereocenters. The van der Waals surface area contributed by atoms with Crippen molar-refractivity contribution in [3.05, 3.63) is 74.9 Å². The second kappa shape index (κ2) is 9.50. The lowest BCUT2D eigenvalue weighted by atomic mass is 9.97. The number of hydrogen-bond donors (Lipinski definition) is 2. The van der Waals surface area contributed by atoms with Crippen LogP contribution in [-0.2, 0) is 17.9 Å². The van der Waals surface area contributed by atoms with Crippen molar-refractivity contribution in [2.75, 3.05) is 13.7 Å². The van der Waals surface area contributed by atoms with Gasteiger partial charge in [-0.15, -0.1) is 0 Å². The van der Waals surface area contributed by atoms with Gasteiger partial charge in [0.2, 0.25) is 0 Å². The first-order valence-electron chi connectivity index (χ1n) is 10.8. The third-order valence-corrected chi connectivity index (χ3v) is 5.96. The second-order valence-electron chi connectivity index (χ2n) is 8.14. The Labute approximate surface area is 185 Å². The third-order valence-electron chi connectivity index (χ3n) is 5.96. The van der Waals surface area contributed by atoms with Crippen molar-refractivity contribution in [3.63, 3.8) is 0 Å². The molecule has 2 aromatic carbocycles. The van der Waals surface area contributed by atoms with Gasteiger partial charge in [-0.2, -0.15) is 0 Å².